The lowest BCUT2D eigenvalue weighted by atomic mass is 9.77. The molecule has 1 aliphatic carbocycles. The van der Waals surface area contributed by atoms with Crippen molar-refractivity contribution in [2.75, 3.05) is 26.7 Å². The van der Waals surface area contributed by atoms with Crippen LogP contribution < -0.4 is 15.4 Å². The lowest BCUT2D eigenvalue weighted by molar-refractivity contribution is -0.163. The van der Waals surface area contributed by atoms with Gasteiger partial charge >= 0.3 is 5.97 Å². The van der Waals surface area contributed by atoms with Crippen LogP contribution in [-0.4, -0.2) is 87.6 Å². The van der Waals surface area contributed by atoms with Crippen molar-refractivity contribution >= 4 is 36.1 Å². The van der Waals surface area contributed by atoms with Crippen LogP contribution in [0.3, 0.4) is 0 Å². The second-order valence-electron chi connectivity index (χ2n) is 13.4. The predicted octanol–water partition coefficient (Wildman–Crippen LogP) is 4.29. The number of likely N-dealkylation sites (tertiary alicyclic amines) is 1. The van der Waals surface area contributed by atoms with Crippen LogP contribution in [0, 0.1) is 0 Å². The number of carboxylic acid groups (broad SMARTS) is 1. The van der Waals surface area contributed by atoms with Gasteiger partial charge in [0.15, 0.2) is 0 Å². The molecule has 4 N–H and O–H groups in total. The van der Waals surface area contributed by atoms with Gasteiger partial charge < -0.3 is 30.5 Å². The SMILES string of the molecule is CCCCN1C(=O)[C@@H](CC2(O)CCCCC2)NC(=O)C12CCN(Cc1ccc(CNC(=O)c3ccc(C(=O)O)cc3OC)cc1)CC2.Cl. The summed E-state index contributed by atoms with van der Waals surface area (Å²) in [6.07, 6.45) is 7.53. The molecule has 1 atom stereocenters. The number of nitrogens with zero attached hydrogens (tertiary/aromatic N) is 2. The van der Waals surface area contributed by atoms with E-state index in [0.29, 0.717) is 58.4 Å². The summed E-state index contributed by atoms with van der Waals surface area (Å²) < 4.78 is 5.23. The van der Waals surface area contributed by atoms with Gasteiger partial charge in [-0.3, -0.25) is 19.3 Å². The number of carboxylic acids is 1. The third-order valence-corrected chi connectivity index (χ3v) is 10.2. The Balaban J connectivity index is 0.00000520. The fourth-order valence-electron chi connectivity index (χ4n) is 7.34. The van der Waals surface area contributed by atoms with Crippen LogP contribution in [0.4, 0.5) is 0 Å². The summed E-state index contributed by atoms with van der Waals surface area (Å²) in [7, 11) is 1.39. The molecule has 1 saturated carbocycles. The van der Waals surface area contributed by atoms with Crippen molar-refractivity contribution in [1.29, 1.82) is 0 Å². The molecule has 3 aliphatic rings. The number of piperidine rings is 1. The number of halogens is 1. The first kappa shape index (κ1) is 37.2. The molecular weight excluding hydrogens is 636 g/mol. The molecule has 12 heteroatoms. The number of aromatic carboxylic acids is 1. The molecule has 262 valence electrons. The van der Waals surface area contributed by atoms with Crippen LogP contribution in [0.5, 0.6) is 5.75 Å². The number of rotatable bonds is 12. The predicted molar refractivity (Wildman–Crippen MR) is 183 cm³/mol. The lowest BCUT2D eigenvalue weighted by Gasteiger charge is -2.52. The third-order valence-electron chi connectivity index (χ3n) is 10.2. The molecule has 0 unspecified atom stereocenters. The number of carbonyl (C=O) groups is 4. The van der Waals surface area contributed by atoms with Gasteiger partial charge in [0, 0.05) is 39.1 Å². The number of amides is 3. The molecule has 0 bridgehead atoms. The zero-order valence-electron chi connectivity index (χ0n) is 28.0. The van der Waals surface area contributed by atoms with E-state index in [1.54, 1.807) is 0 Å². The van der Waals surface area contributed by atoms with Gasteiger partial charge in [-0.25, -0.2) is 4.79 Å². The van der Waals surface area contributed by atoms with Gasteiger partial charge in [-0.1, -0.05) is 56.9 Å². The number of aliphatic hydroxyl groups is 1. The highest BCUT2D eigenvalue weighted by molar-refractivity contribution is 6.00. The zero-order chi connectivity index (χ0) is 33.6. The zero-order valence-corrected chi connectivity index (χ0v) is 28.8. The molecule has 0 radical (unpaired) electrons. The van der Waals surface area contributed by atoms with Crippen molar-refractivity contribution in [3.8, 4) is 5.75 Å². The first-order valence-corrected chi connectivity index (χ1v) is 16.9. The Bertz CT molecular complexity index is 1450. The number of benzene rings is 2. The summed E-state index contributed by atoms with van der Waals surface area (Å²) in [6, 6.07) is 11.5. The molecule has 0 aromatic heterocycles. The van der Waals surface area contributed by atoms with E-state index in [2.05, 4.69) is 22.5 Å². The molecule has 2 aromatic carbocycles. The fourth-order valence-corrected chi connectivity index (χ4v) is 7.34. The van der Waals surface area contributed by atoms with Crippen LogP contribution in [0.15, 0.2) is 42.5 Å². The molecule has 48 heavy (non-hydrogen) atoms. The minimum atomic E-state index is -1.09. The maximum absolute atomic E-state index is 13.8. The molecular formula is C36H49ClN4O7. The smallest absolute Gasteiger partial charge is 0.335 e. The minimum absolute atomic E-state index is 0. The maximum atomic E-state index is 13.8. The van der Waals surface area contributed by atoms with Crippen molar-refractivity contribution in [1.82, 2.24) is 20.4 Å². The highest BCUT2D eigenvalue weighted by atomic mass is 35.5. The Hall–Kier alpha value is -3.67. The average molecular weight is 685 g/mol. The van der Waals surface area contributed by atoms with Gasteiger partial charge in [-0.2, -0.15) is 0 Å². The van der Waals surface area contributed by atoms with Gasteiger partial charge in [-0.05, 0) is 61.4 Å². The Morgan fingerprint density at radius 2 is 1.67 bits per heavy atom. The first-order chi connectivity index (χ1) is 22.6. The summed E-state index contributed by atoms with van der Waals surface area (Å²) in [5, 5.41) is 26.3. The molecule has 2 heterocycles. The van der Waals surface area contributed by atoms with Crippen LogP contribution in [-0.2, 0) is 22.7 Å². The number of methoxy groups -OCH3 is 1. The van der Waals surface area contributed by atoms with E-state index in [1.807, 2.05) is 29.2 Å². The van der Waals surface area contributed by atoms with Crippen LogP contribution in [0.25, 0.3) is 0 Å². The highest BCUT2D eigenvalue weighted by Crippen LogP contribution is 2.37. The van der Waals surface area contributed by atoms with E-state index >= 15 is 0 Å². The Morgan fingerprint density at radius 1 is 1.00 bits per heavy atom. The van der Waals surface area contributed by atoms with Gasteiger partial charge in [0.05, 0.1) is 23.8 Å². The van der Waals surface area contributed by atoms with Crippen molar-refractivity contribution in [2.45, 2.75) is 101 Å². The third kappa shape index (κ3) is 8.30. The maximum Gasteiger partial charge on any atom is 0.335 e. The largest absolute Gasteiger partial charge is 0.496 e. The fraction of sp³-hybridized carbons (Fsp3) is 0.556. The van der Waals surface area contributed by atoms with Crippen LogP contribution in [0.1, 0.15) is 103 Å². The van der Waals surface area contributed by atoms with E-state index in [-0.39, 0.29) is 53.4 Å². The lowest BCUT2D eigenvalue weighted by Crippen LogP contribution is -2.73. The number of carbonyl (C=O) groups excluding carboxylic acids is 3. The molecule has 5 rings (SSSR count). The quantitative estimate of drug-likeness (QED) is 0.259. The van der Waals surface area contributed by atoms with Gasteiger partial charge in [-0.15, -0.1) is 12.4 Å². The van der Waals surface area contributed by atoms with Gasteiger partial charge in [0.1, 0.15) is 17.3 Å². The first-order valence-electron chi connectivity index (χ1n) is 16.9. The van der Waals surface area contributed by atoms with Gasteiger partial charge in [0.2, 0.25) is 11.8 Å². The molecule has 2 aromatic rings. The van der Waals surface area contributed by atoms with E-state index < -0.39 is 23.2 Å². The minimum Gasteiger partial charge on any atom is -0.496 e. The van der Waals surface area contributed by atoms with E-state index in [9.17, 15) is 29.4 Å². The van der Waals surface area contributed by atoms with E-state index in [4.69, 9.17) is 4.74 Å². The number of nitrogens with one attached hydrogen (secondary N) is 2. The van der Waals surface area contributed by atoms with Crippen molar-refractivity contribution < 1.29 is 34.1 Å². The molecule has 2 aliphatic heterocycles. The molecule has 1 spiro atoms. The Morgan fingerprint density at radius 3 is 2.29 bits per heavy atom. The van der Waals surface area contributed by atoms with E-state index in [0.717, 1.165) is 43.2 Å². The summed E-state index contributed by atoms with van der Waals surface area (Å²) in [5.74, 6) is -1.40. The number of ether oxygens (including phenoxy) is 1. The second-order valence-corrected chi connectivity index (χ2v) is 13.4. The topological polar surface area (TPSA) is 149 Å². The normalized spacial score (nSPS) is 20.5. The molecule has 3 amide bonds. The Kier molecular flexibility index (Phi) is 12.5. The summed E-state index contributed by atoms with van der Waals surface area (Å²) in [4.78, 5) is 55.8. The highest BCUT2D eigenvalue weighted by Gasteiger charge is 2.54. The van der Waals surface area contributed by atoms with E-state index in [1.165, 1.54) is 25.3 Å². The monoisotopic (exact) mass is 684 g/mol. The van der Waals surface area contributed by atoms with Crippen molar-refractivity contribution in [3.05, 3.63) is 64.7 Å². The summed E-state index contributed by atoms with van der Waals surface area (Å²) in [5.41, 5.74) is 0.581. The summed E-state index contributed by atoms with van der Waals surface area (Å²) >= 11 is 0. The number of piperazine rings is 1. The average Bonchev–Trinajstić information content (AvgIpc) is 3.07. The molecule has 2 saturated heterocycles. The van der Waals surface area contributed by atoms with Gasteiger partial charge in [0.25, 0.3) is 5.91 Å². The standard InChI is InChI=1S/C36H48N4O7.ClH/c1-3-4-18-40-32(42)29(22-35(46)14-6-5-7-15-35)38-34(45)36(40)16-19-39(20-17-36)24-26-10-8-25(9-11-26)23-37-31(41)28-13-12-27(33(43)44)21-30(28)47-2;/h8-13,21,29,46H,3-7,14-20,22-24H2,1-2H3,(H,37,41)(H,38,45)(H,43,44);1H/t29-;/m1./s1. The second kappa shape index (κ2) is 16.2. The van der Waals surface area contributed by atoms with Crippen molar-refractivity contribution in [2.24, 2.45) is 0 Å². The number of hydrogen-bond acceptors (Lipinski definition) is 7. The van der Waals surface area contributed by atoms with Crippen LogP contribution in [0.2, 0.25) is 0 Å². The Labute approximate surface area is 288 Å². The summed E-state index contributed by atoms with van der Waals surface area (Å²) in [6.45, 7) is 5.00. The molecule has 3 fully saturated rings. The molecule has 11 nitrogen and oxygen atoms in total. The number of unbranched alkanes of at least 4 members (excludes halogenated alkanes) is 1. The van der Waals surface area contributed by atoms with Crippen molar-refractivity contribution in [3.63, 3.8) is 0 Å². The number of hydrogen-bond donors (Lipinski definition) is 4. The van der Waals surface area contributed by atoms with Crippen LogP contribution >= 0.6 is 12.4 Å².